The van der Waals surface area contributed by atoms with E-state index in [9.17, 15) is 13.2 Å². The van der Waals surface area contributed by atoms with Gasteiger partial charge in [0.15, 0.2) is 0 Å². The molecule has 9 heteroatoms. The van der Waals surface area contributed by atoms with Gasteiger partial charge in [0, 0.05) is 17.8 Å². The summed E-state index contributed by atoms with van der Waals surface area (Å²) in [4.78, 5) is 11.6. The number of H-pyrrole nitrogens is 1. The van der Waals surface area contributed by atoms with Crippen LogP contribution in [0.3, 0.4) is 0 Å². The van der Waals surface area contributed by atoms with Crippen molar-refractivity contribution in [1.82, 2.24) is 15.5 Å². The van der Waals surface area contributed by atoms with Crippen molar-refractivity contribution in [1.29, 1.82) is 0 Å². The van der Waals surface area contributed by atoms with Crippen LogP contribution in [-0.4, -0.2) is 31.1 Å². The minimum atomic E-state index is -3.86. The normalized spacial score (nSPS) is 11.1. The maximum atomic E-state index is 12.1. The maximum Gasteiger partial charge on any atom is 0.267 e. The first-order chi connectivity index (χ1) is 9.94. The average Bonchev–Trinajstić information content (AvgIpc) is 2.86. The fourth-order valence-electron chi connectivity index (χ4n) is 1.70. The first kappa shape index (κ1) is 14.9. The predicted molar refractivity (Wildman–Crippen MR) is 78.3 cm³/mol. The van der Waals surface area contributed by atoms with Gasteiger partial charge < -0.3 is 11.1 Å². The van der Waals surface area contributed by atoms with E-state index in [0.29, 0.717) is 12.1 Å². The molecular weight excluding hydrogens is 294 g/mol. The molecule has 2 rings (SSSR count). The maximum absolute atomic E-state index is 12.1. The van der Waals surface area contributed by atoms with Gasteiger partial charge in [-0.15, -0.1) is 0 Å². The standard InChI is InChI=1S/C12H15N5O3S/c1-2-14-12(18)8-4-3-5-9(6-8)17-21(19,20)10-7-15-16-11(10)13/h3-7,17H,2H2,1H3,(H,14,18)(H3,13,15,16). The molecule has 0 radical (unpaired) electrons. The van der Waals surface area contributed by atoms with Gasteiger partial charge >= 0.3 is 0 Å². The molecule has 0 atom stereocenters. The zero-order chi connectivity index (χ0) is 15.5. The number of carbonyl (C=O) groups is 1. The van der Waals surface area contributed by atoms with Crippen molar-refractivity contribution in [2.75, 3.05) is 17.0 Å². The highest BCUT2D eigenvalue weighted by atomic mass is 32.2. The van der Waals surface area contributed by atoms with Crippen LogP contribution < -0.4 is 15.8 Å². The fourth-order valence-corrected chi connectivity index (χ4v) is 2.77. The Labute approximate surface area is 121 Å². The topological polar surface area (TPSA) is 130 Å². The summed E-state index contributed by atoms with van der Waals surface area (Å²) in [6.07, 6.45) is 1.12. The lowest BCUT2D eigenvalue weighted by atomic mass is 10.2. The molecule has 0 fully saturated rings. The van der Waals surface area contributed by atoms with Crippen molar-refractivity contribution in [2.45, 2.75) is 11.8 Å². The van der Waals surface area contributed by atoms with Crippen LogP contribution in [-0.2, 0) is 10.0 Å². The number of amides is 1. The molecular formula is C12H15N5O3S. The molecule has 2 aromatic rings. The van der Waals surface area contributed by atoms with Crippen molar-refractivity contribution in [3.05, 3.63) is 36.0 Å². The third kappa shape index (κ3) is 3.31. The van der Waals surface area contributed by atoms with E-state index in [0.717, 1.165) is 6.20 Å². The molecule has 0 saturated carbocycles. The number of benzene rings is 1. The zero-order valence-electron chi connectivity index (χ0n) is 11.3. The minimum Gasteiger partial charge on any atom is -0.383 e. The molecule has 1 aromatic heterocycles. The smallest absolute Gasteiger partial charge is 0.267 e. The Balaban J connectivity index is 2.26. The first-order valence-corrected chi connectivity index (χ1v) is 7.62. The molecule has 0 aliphatic carbocycles. The number of hydrogen-bond donors (Lipinski definition) is 4. The highest BCUT2D eigenvalue weighted by Crippen LogP contribution is 2.19. The number of nitrogens with two attached hydrogens (primary N) is 1. The van der Waals surface area contributed by atoms with Crippen molar-refractivity contribution < 1.29 is 13.2 Å². The van der Waals surface area contributed by atoms with Gasteiger partial charge in [0.05, 0.1) is 6.20 Å². The Morgan fingerprint density at radius 3 is 2.81 bits per heavy atom. The number of rotatable bonds is 5. The molecule has 112 valence electrons. The lowest BCUT2D eigenvalue weighted by molar-refractivity contribution is 0.0956. The van der Waals surface area contributed by atoms with Crippen molar-refractivity contribution in [3.8, 4) is 0 Å². The molecule has 1 amide bonds. The van der Waals surface area contributed by atoms with Crippen LogP contribution in [0.5, 0.6) is 0 Å². The van der Waals surface area contributed by atoms with Crippen LogP contribution in [0.25, 0.3) is 0 Å². The molecule has 8 nitrogen and oxygen atoms in total. The molecule has 1 aromatic carbocycles. The summed E-state index contributed by atoms with van der Waals surface area (Å²) in [7, 11) is -3.86. The van der Waals surface area contributed by atoms with E-state index < -0.39 is 10.0 Å². The molecule has 5 N–H and O–H groups in total. The second-order valence-electron chi connectivity index (χ2n) is 4.19. The zero-order valence-corrected chi connectivity index (χ0v) is 12.1. The number of hydrogen-bond acceptors (Lipinski definition) is 5. The van der Waals surface area contributed by atoms with Crippen molar-refractivity contribution in [3.63, 3.8) is 0 Å². The predicted octanol–water partition coefficient (Wildman–Crippen LogP) is 0.542. The monoisotopic (exact) mass is 309 g/mol. The van der Waals surface area contributed by atoms with Gasteiger partial charge in [-0.3, -0.25) is 14.6 Å². The molecule has 1 heterocycles. The molecule has 0 aliphatic heterocycles. The summed E-state index contributed by atoms with van der Waals surface area (Å²) in [5.74, 6) is -0.330. The molecule has 0 saturated heterocycles. The Morgan fingerprint density at radius 1 is 1.43 bits per heavy atom. The Bertz CT molecular complexity index is 754. The highest BCUT2D eigenvalue weighted by Gasteiger charge is 2.19. The van der Waals surface area contributed by atoms with Gasteiger partial charge in [-0.05, 0) is 25.1 Å². The molecule has 0 bridgehead atoms. The number of carbonyl (C=O) groups excluding carboxylic acids is 1. The Morgan fingerprint density at radius 2 is 2.19 bits per heavy atom. The first-order valence-electron chi connectivity index (χ1n) is 6.14. The molecule has 0 aliphatic rings. The average molecular weight is 309 g/mol. The van der Waals surface area contributed by atoms with E-state index in [1.165, 1.54) is 12.1 Å². The second-order valence-corrected chi connectivity index (χ2v) is 5.84. The molecule has 0 unspecified atom stereocenters. The number of nitrogens with one attached hydrogen (secondary N) is 3. The van der Waals surface area contributed by atoms with E-state index in [2.05, 4.69) is 20.2 Å². The van der Waals surface area contributed by atoms with Crippen molar-refractivity contribution in [2.24, 2.45) is 0 Å². The van der Waals surface area contributed by atoms with Crippen LogP contribution in [0.2, 0.25) is 0 Å². The summed E-state index contributed by atoms with van der Waals surface area (Å²) in [5.41, 5.74) is 6.12. The summed E-state index contributed by atoms with van der Waals surface area (Å²) in [6.45, 7) is 2.28. The minimum absolute atomic E-state index is 0.0534. The van der Waals surface area contributed by atoms with Gasteiger partial charge in [0.1, 0.15) is 10.7 Å². The third-order valence-electron chi connectivity index (χ3n) is 2.64. The third-order valence-corrected chi connectivity index (χ3v) is 4.04. The number of sulfonamides is 1. The Hall–Kier alpha value is -2.55. The van der Waals surface area contributed by atoms with Crippen LogP contribution in [0.15, 0.2) is 35.4 Å². The second kappa shape index (κ2) is 5.83. The van der Waals surface area contributed by atoms with E-state index in [1.54, 1.807) is 19.1 Å². The number of aromatic nitrogens is 2. The van der Waals surface area contributed by atoms with Gasteiger partial charge in [-0.25, -0.2) is 8.42 Å². The van der Waals surface area contributed by atoms with Gasteiger partial charge in [0.25, 0.3) is 15.9 Å². The van der Waals surface area contributed by atoms with E-state index in [4.69, 9.17) is 5.73 Å². The Kier molecular flexibility index (Phi) is 4.13. The number of aromatic amines is 1. The SMILES string of the molecule is CCNC(=O)c1cccc(NS(=O)(=O)c2cn[nH]c2N)c1. The number of nitrogens with zero attached hydrogens (tertiary/aromatic N) is 1. The van der Waals surface area contributed by atoms with Crippen LogP contribution in [0, 0.1) is 0 Å². The lowest BCUT2D eigenvalue weighted by Gasteiger charge is -2.08. The largest absolute Gasteiger partial charge is 0.383 e. The van der Waals surface area contributed by atoms with Crippen LogP contribution >= 0.6 is 0 Å². The number of anilines is 2. The summed E-state index contributed by atoms with van der Waals surface area (Å²) < 4.78 is 26.6. The van der Waals surface area contributed by atoms with Crippen molar-refractivity contribution >= 4 is 27.4 Å². The quantitative estimate of drug-likeness (QED) is 0.640. The van der Waals surface area contributed by atoms with E-state index in [1.807, 2.05) is 0 Å². The summed E-state index contributed by atoms with van der Waals surface area (Å²) in [5, 5.41) is 8.56. The fraction of sp³-hybridized carbons (Fsp3) is 0.167. The van der Waals surface area contributed by atoms with Gasteiger partial charge in [-0.1, -0.05) is 6.07 Å². The molecule has 21 heavy (non-hydrogen) atoms. The van der Waals surface area contributed by atoms with Crippen LogP contribution in [0.4, 0.5) is 11.5 Å². The van der Waals surface area contributed by atoms with E-state index >= 15 is 0 Å². The van der Waals surface area contributed by atoms with Gasteiger partial charge in [0.2, 0.25) is 0 Å². The number of nitrogen functional groups attached to an aromatic ring is 1. The van der Waals surface area contributed by atoms with E-state index in [-0.39, 0.29) is 22.3 Å². The summed E-state index contributed by atoms with van der Waals surface area (Å²) >= 11 is 0. The molecule has 0 spiro atoms. The lowest BCUT2D eigenvalue weighted by Crippen LogP contribution is -2.22. The van der Waals surface area contributed by atoms with Crippen LogP contribution in [0.1, 0.15) is 17.3 Å². The highest BCUT2D eigenvalue weighted by molar-refractivity contribution is 7.92. The summed E-state index contributed by atoms with van der Waals surface area (Å²) in [6, 6.07) is 6.16. The van der Waals surface area contributed by atoms with Gasteiger partial charge in [-0.2, -0.15) is 5.10 Å².